The number of fused-ring (bicyclic) bond motifs is 6. The van der Waals surface area contributed by atoms with E-state index in [0.29, 0.717) is 76.4 Å². The van der Waals surface area contributed by atoms with Crippen LogP contribution in [0.4, 0.5) is 4.39 Å². The second kappa shape index (κ2) is 30.2. The molecule has 0 aliphatic carbocycles. The normalized spacial score (nSPS) is 24.2. The monoisotopic (exact) mass is 1250 g/mol. The summed E-state index contributed by atoms with van der Waals surface area (Å²) in [5.74, 6) is -3.41. The van der Waals surface area contributed by atoms with Crippen molar-refractivity contribution in [3.63, 3.8) is 0 Å². The minimum absolute atomic E-state index is 0.00706. The Morgan fingerprint density at radius 1 is 0.562 bits per heavy atom. The summed E-state index contributed by atoms with van der Waals surface area (Å²) in [5, 5.41) is 29.1. The number of halogens is 1. The Hall–Kier alpha value is -8.44. The van der Waals surface area contributed by atoms with E-state index in [4.69, 9.17) is 0 Å². The Kier molecular flexibility index (Phi) is 22.0. The zero-order valence-corrected chi connectivity index (χ0v) is 52.0. The van der Waals surface area contributed by atoms with Crippen LogP contribution in [0.15, 0.2) is 115 Å². The van der Waals surface area contributed by atoms with Crippen molar-refractivity contribution in [1.82, 2.24) is 51.6 Å². The first-order valence-corrected chi connectivity index (χ1v) is 32.5. The van der Waals surface area contributed by atoms with E-state index in [1.807, 2.05) is 60.7 Å². The topological polar surface area (TPSA) is 272 Å². The Morgan fingerprint density at radius 3 is 1.92 bits per heavy atom. The van der Waals surface area contributed by atoms with Crippen molar-refractivity contribution in [2.45, 2.75) is 132 Å². The molecule has 0 radical (unpaired) electrons. The standard InChI is InChI=1S/C66H77FN10O10S2/c1-39-59(80)71-40(2)60(81)73-53(33-46-15-8-14-45-13-5-6-16-50(45)46)61(82)74-54(34-47-36-69-52-24-21-48(67)35-51(47)52)65(86)76-27-10-18-56(76)63(84)72-41(3)64(85)75(4)57(32-42-19-22-49(78)23-20-42)66(87)77-28-9-17-55(77)62(83)68-26-30-89-38-44-12-7-11-43(31-44)37-88-29-25-58(79)70-39/h5-8,11-16,19-24,31,35-36,39-41,53-57,69,78H,9-10,17-18,25-30,32-34,37-38H2,1-4H3,(H,68,83)(H,70,79)(H,71,80)(H,72,84)(H,73,81)(H,74,82)/t39-,40+,41-,53-,54-,55-,56-,57-/m0/s1. The molecular formula is C66H77FN10O10S2. The summed E-state index contributed by atoms with van der Waals surface area (Å²) < 4.78 is 14.9. The molecule has 5 aromatic carbocycles. The molecule has 1 aromatic heterocycles. The zero-order valence-electron chi connectivity index (χ0n) is 50.4. The highest BCUT2D eigenvalue weighted by Crippen LogP contribution is 2.28. The van der Waals surface area contributed by atoms with Crippen LogP contribution in [0.2, 0.25) is 0 Å². The first kappa shape index (κ1) is 65.0. The van der Waals surface area contributed by atoms with E-state index in [2.05, 4.69) is 43.0 Å². The van der Waals surface area contributed by atoms with Crippen LogP contribution in [0.3, 0.4) is 0 Å². The maximum atomic E-state index is 15.3. The molecule has 3 aliphatic rings. The summed E-state index contributed by atoms with van der Waals surface area (Å²) in [6, 6.07) is 22.2. The van der Waals surface area contributed by atoms with Crippen molar-refractivity contribution in [2.75, 3.05) is 38.2 Å². The summed E-state index contributed by atoms with van der Waals surface area (Å²) in [6.07, 6.45) is 3.01. The minimum atomic E-state index is -1.41. The molecule has 0 spiro atoms. The summed E-state index contributed by atoms with van der Waals surface area (Å²) >= 11 is 3.20. The number of aromatic hydroxyl groups is 1. The first-order valence-electron chi connectivity index (χ1n) is 30.2. The number of aromatic amines is 1. The number of carbonyl (C=O) groups excluding carboxylic acids is 9. The lowest BCUT2D eigenvalue weighted by atomic mass is 9.97. The maximum absolute atomic E-state index is 15.3. The number of H-pyrrole nitrogens is 1. The second-order valence-electron chi connectivity index (χ2n) is 23.1. The summed E-state index contributed by atoms with van der Waals surface area (Å²) in [6.45, 7) is 5.13. The molecule has 2 bridgehead atoms. The van der Waals surface area contributed by atoms with Crippen molar-refractivity contribution < 1.29 is 52.6 Å². The fourth-order valence-corrected chi connectivity index (χ4v) is 13.5. The van der Waals surface area contributed by atoms with Gasteiger partial charge in [0.2, 0.25) is 53.2 Å². The van der Waals surface area contributed by atoms with Gasteiger partial charge < -0.3 is 56.7 Å². The Morgan fingerprint density at radius 2 is 1.18 bits per heavy atom. The molecule has 23 heteroatoms. The van der Waals surface area contributed by atoms with E-state index in [1.54, 1.807) is 47.9 Å². The number of nitrogens with one attached hydrogen (secondary N) is 7. The highest BCUT2D eigenvalue weighted by molar-refractivity contribution is 7.98. The van der Waals surface area contributed by atoms with E-state index in [-0.39, 0.29) is 62.8 Å². The number of rotatable bonds is 6. The summed E-state index contributed by atoms with van der Waals surface area (Å²) in [7, 11) is 1.46. The highest BCUT2D eigenvalue weighted by Gasteiger charge is 2.43. The van der Waals surface area contributed by atoms with Gasteiger partial charge in [-0.25, -0.2) is 4.39 Å². The third-order valence-corrected chi connectivity index (χ3v) is 18.7. The Labute approximate surface area is 525 Å². The molecule has 20 nitrogen and oxygen atoms in total. The van der Waals surface area contributed by atoms with Gasteiger partial charge in [0, 0.05) is 92.5 Å². The molecular weight excluding hydrogens is 1180 g/mol. The molecule has 89 heavy (non-hydrogen) atoms. The second-order valence-corrected chi connectivity index (χ2v) is 25.3. The number of hydrogen-bond donors (Lipinski definition) is 8. The predicted molar refractivity (Wildman–Crippen MR) is 341 cm³/mol. The molecule has 4 heterocycles. The average Bonchev–Trinajstić information content (AvgIpc) is 2.55. The number of hydrogen-bond acceptors (Lipinski definition) is 12. The van der Waals surface area contributed by atoms with Crippen molar-refractivity contribution in [3.8, 4) is 5.75 Å². The first-order chi connectivity index (χ1) is 42.8. The largest absolute Gasteiger partial charge is 0.508 e. The average molecular weight is 1250 g/mol. The van der Waals surface area contributed by atoms with Crippen LogP contribution in [-0.4, -0.2) is 164 Å². The Balaban J connectivity index is 1.00. The van der Waals surface area contributed by atoms with Crippen LogP contribution in [0.5, 0.6) is 5.75 Å². The number of benzene rings is 5. The number of phenolic OH excluding ortho intramolecular Hbond substituents is 1. The van der Waals surface area contributed by atoms with Gasteiger partial charge in [-0.05, 0) is 115 Å². The number of amides is 9. The molecule has 2 saturated heterocycles. The lowest BCUT2D eigenvalue weighted by Gasteiger charge is -2.35. The molecule has 8 atom stereocenters. The van der Waals surface area contributed by atoms with Crippen LogP contribution in [0.1, 0.15) is 80.7 Å². The number of nitrogens with zero attached hydrogens (tertiary/aromatic N) is 3. The Bertz CT molecular complexity index is 3580. The highest BCUT2D eigenvalue weighted by atomic mass is 32.2. The number of phenols is 1. The maximum Gasteiger partial charge on any atom is 0.246 e. The third-order valence-electron chi connectivity index (χ3n) is 16.6. The smallest absolute Gasteiger partial charge is 0.246 e. The molecule has 0 saturated carbocycles. The van der Waals surface area contributed by atoms with Crippen LogP contribution >= 0.6 is 23.5 Å². The van der Waals surface area contributed by atoms with Crippen molar-refractivity contribution in [3.05, 3.63) is 149 Å². The van der Waals surface area contributed by atoms with E-state index >= 15 is 9.59 Å². The fourth-order valence-electron chi connectivity index (χ4n) is 11.8. The molecule has 0 unspecified atom stereocenters. The summed E-state index contributed by atoms with van der Waals surface area (Å²) in [5.41, 5.74) is 4.49. The van der Waals surface area contributed by atoms with Crippen LogP contribution < -0.4 is 31.9 Å². The van der Waals surface area contributed by atoms with Gasteiger partial charge in [-0.1, -0.05) is 78.9 Å². The van der Waals surface area contributed by atoms with Gasteiger partial charge in [-0.3, -0.25) is 43.2 Å². The molecule has 8 N–H and O–H groups in total. The van der Waals surface area contributed by atoms with E-state index < -0.39 is 95.5 Å². The number of aromatic nitrogens is 1. The van der Waals surface area contributed by atoms with Gasteiger partial charge in [0.15, 0.2) is 0 Å². The summed E-state index contributed by atoms with van der Waals surface area (Å²) in [4.78, 5) is 137. The number of likely N-dealkylation sites (N-methyl/N-ethyl adjacent to an activating group) is 1. The van der Waals surface area contributed by atoms with Gasteiger partial charge >= 0.3 is 0 Å². The van der Waals surface area contributed by atoms with E-state index in [9.17, 15) is 43.1 Å². The van der Waals surface area contributed by atoms with Gasteiger partial charge in [0.05, 0.1) is 0 Å². The van der Waals surface area contributed by atoms with Gasteiger partial charge in [-0.2, -0.15) is 23.5 Å². The van der Waals surface area contributed by atoms with E-state index in [1.165, 1.54) is 66.8 Å². The number of thioether (sulfide) groups is 2. The van der Waals surface area contributed by atoms with Crippen molar-refractivity contribution in [1.29, 1.82) is 0 Å². The van der Waals surface area contributed by atoms with Crippen molar-refractivity contribution >= 4 is 98.4 Å². The van der Waals surface area contributed by atoms with Gasteiger partial charge in [0.1, 0.15) is 59.9 Å². The van der Waals surface area contributed by atoms with E-state index in [0.717, 1.165) is 21.9 Å². The van der Waals surface area contributed by atoms with Crippen molar-refractivity contribution in [2.24, 2.45) is 0 Å². The molecule has 9 amide bonds. The van der Waals surface area contributed by atoms with Gasteiger partial charge in [-0.15, -0.1) is 0 Å². The molecule has 6 aromatic rings. The molecule has 3 aliphatic heterocycles. The van der Waals surface area contributed by atoms with Crippen LogP contribution in [0, 0.1) is 5.82 Å². The van der Waals surface area contributed by atoms with Crippen LogP contribution in [-0.2, 0) is 73.9 Å². The molecule has 2 fully saturated rings. The number of carbonyl (C=O) groups is 9. The predicted octanol–water partition coefficient (Wildman–Crippen LogP) is 5.17. The lowest BCUT2D eigenvalue weighted by Crippen LogP contribution is -2.60. The van der Waals surface area contributed by atoms with Crippen LogP contribution in [0.25, 0.3) is 21.7 Å². The third kappa shape index (κ3) is 16.6. The SMILES string of the molecule is C[C@@H]1NC(=O)CCSCc2cccc(c2)CSCCNC(=O)[C@@H]2CCCN2C(=O)[C@H](Cc2ccc(O)cc2)N(C)C(=O)[C@H](C)NC(=O)[C@@H]2CCCN2C(=O)[C@H](Cc2c[nH]c3ccc(F)cc23)NC(=O)[C@H](Cc2cccc3ccccc23)NC(=O)[C@@H](C)NC1=O. The lowest BCUT2D eigenvalue weighted by molar-refractivity contribution is -0.148. The van der Waals surface area contributed by atoms with Gasteiger partial charge in [0.25, 0.3) is 0 Å². The molecule has 9 rings (SSSR count). The minimum Gasteiger partial charge on any atom is -0.508 e. The molecule has 470 valence electrons. The quantitative estimate of drug-likeness (QED) is 0.107. The zero-order chi connectivity index (χ0) is 63.3. The fraction of sp³-hybridized carbons (Fsp3) is 0.409.